The van der Waals surface area contributed by atoms with E-state index >= 15 is 0 Å². The summed E-state index contributed by atoms with van der Waals surface area (Å²) in [7, 11) is -0.239. The molecule has 1 aromatic carbocycles. The number of hydrogen-bond acceptors (Lipinski definition) is 5. The number of ether oxygens (including phenoxy) is 2. The fraction of sp³-hybridized carbons (Fsp3) is 0.600. The second-order valence-corrected chi connectivity index (χ2v) is 13.8. The normalized spacial score (nSPS) is 21.5. The summed E-state index contributed by atoms with van der Waals surface area (Å²) in [6.45, 7) is 13.1. The second-order valence-electron chi connectivity index (χ2n) is 8.97. The Morgan fingerprint density at radius 2 is 2.04 bits per heavy atom. The molecule has 28 heavy (non-hydrogen) atoms. The van der Waals surface area contributed by atoms with Gasteiger partial charge in [0, 0.05) is 25.7 Å². The van der Waals surface area contributed by atoms with Crippen LogP contribution >= 0.6 is 0 Å². The van der Waals surface area contributed by atoms with E-state index in [0.717, 1.165) is 5.69 Å². The molecule has 3 rings (SSSR count). The van der Waals surface area contributed by atoms with Crippen molar-refractivity contribution in [3.05, 3.63) is 18.2 Å². The first-order valence-electron chi connectivity index (χ1n) is 9.57. The molecule has 1 saturated heterocycles. The van der Waals surface area contributed by atoms with E-state index in [1.807, 2.05) is 0 Å². The number of fused-ring (bicyclic) bond motifs is 3. The maximum atomic E-state index is 12.6. The number of benzene rings is 1. The predicted molar refractivity (Wildman–Crippen MR) is 111 cm³/mol. The van der Waals surface area contributed by atoms with Gasteiger partial charge in [0.05, 0.1) is 12.3 Å². The van der Waals surface area contributed by atoms with Crippen LogP contribution in [0.1, 0.15) is 27.7 Å². The second kappa shape index (κ2) is 7.08. The van der Waals surface area contributed by atoms with E-state index in [4.69, 9.17) is 13.9 Å². The van der Waals surface area contributed by atoms with Gasteiger partial charge in [-0.1, -0.05) is 20.8 Å². The Bertz CT molecular complexity index is 789. The van der Waals surface area contributed by atoms with Gasteiger partial charge >= 0.3 is 6.09 Å². The van der Waals surface area contributed by atoms with Crippen molar-refractivity contribution in [3.63, 3.8) is 0 Å². The lowest BCUT2D eigenvalue weighted by Crippen LogP contribution is -2.48. The highest BCUT2D eigenvalue weighted by Gasteiger charge is 2.48. The minimum Gasteiger partial charge on any atom is -0.489 e. The molecule has 2 aliphatic heterocycles. The Hall–Kier alpha value is -2.06. The first-order chi connectivity index (χ1) is 12.9. The molecular weight excluding hydrogens is 376 g/mol. The van der Waals surface area contributed by atoms with Gasteiger partial charge in [0.1, 0.15) is 24.5 Å². The van der Waals surface area contributed by atoms with E-state index < -0.39 is 8.32 Å². The summed E-state index contributed by atoms with van der Waals surface area (Å²) >= 11 is 0. The highest BCUT2D eigenvalue weighted by Crippen LogP contribution is 2.42. The van der Waals surface area contributed by atoms with Crippen LogP contribution in [0.2, 0.25) is 18.1 Å². The predicted octanol–water partition coefficient (Wildman–Crippen LogP) is 3.78. The van der Waals surface area contributed by atoms with Crippen LogP contribution in [-0.2, 0) is 14.0 Å². The number of cyclic esters (lactones) is 1. The van der Waals surface area contributed by atoms with Crippen molar-refractivity contribution in [2.75, 3.05) is 30.1 Å². The van der Waals surface area contributed by atoms with Crippen molar-refractivity contribution in [1.29, 1.82) is 0 Å². The average molecular weight is 407 g/mol. The number of hydrogen-bond donors (Lipinski definition) is 0. The van der Waals surface area contributed by atoms with Crippen LogP contribution in [0.15, 0.2) is 18.2 Å². The smallest absolute Gasteiger partial charge is 0.415 e. The number of carbonyl (C=O) groups is 2. The molecule has 0 bridgehead atoms. The molecule has 0 unspecified atom stereocenters. The third-order valence-electron chi connectivity index (χ3n) is 6.10. The van der Waals surface area contributed by atoms with Crippen LogP contribution in [0, 0.1) is 0 Å². The van der Waals surface area contributed by atoms with Crippen LogP contribution in [-0.4, -0.2) is 52.7 Å². The quantitative estimate of drug-likeness (QED) is 0.712. The summed E-state index contributed by atoms with van der Waals surface area (Å²) in [5, 5.41) is 0.0874. The SMILES string of the molecule is CC(=O)N(C)c1ccc2c(c1)OC[C@H]1[C@H](CO[Si](C)(C)C(C)(C)C)OC(=O)N21. The highest BCUT2D eigenvalue weighted by atomic mass is 28.4. The first-order valence-corrected chi connectivity index (χ1v) is 12.5. The Kier molecular flexibility index (Phi) is 5.22. The zero-order valence-electron chi connectivity index (χ0n) is 17.7. The topological polar surface area (TPSA) is 68.3 Å². The third-order valence-corrected chi connectivity index (χ3v) is 10.6. The van der Waals surface area contributed by atoms with Crippen LogP contribution in [0.25, 0.3) is 0 Å². The minimum absolute atomic E-state index is 0.0722. The molecular formula is C20H30N2O5Si. The Labute approximate surface area is 167 Å². The van der Waals surface area contributed by atoms with Crippen molar-refractivity contribution in [2.45, 2.75) is 58.0 Å². The van der Waals surface area contributed by atoms with Gasteiger partial charge in [-0.25, -0.2) is 4.79 Å². The fourth-order valence-electron chi connectivity index (χ4n) is 3.06. The summed E-state index contributed by atoms with van der Waals surface area (Å²) in [5.41, 5.74) is 1.38. The summed E-state index contributed by atoms with van der Waals surface area (Å²) in [6, 6.07) is 5.16. The summed E-state index contributed by atoms with van der Waals surface area (Å²) in [6.07, 6.45) is -0.750. The first kappa shape index (κ1) is 20.7. The molecule has 0 saturated carbocycles. The molecule has 1 fully saturated rings. The van der Waals surface area contributed by atoms with Gasteiger partial charge in [0.15, 0.2) is 8.32 Å². The van der Waals surface area contributed by atoms with E-state index in [1.165, 1.54) is 11.8 Å². The molecule has 154 valence electrons. The van der Waals surface area contributed by atoms with Gasteiger partial charge in [-0.3, -0.25) is 9.69 Å². The largest absolute Gasteiger partial charge is 0.489 e. The van der Waals surface area contributed by atoms with Crippen molar-refractivity contribution in [1.82, 2.24) is 0 Å². The van der Waals surface area contributed by atoms with Crippen molar-refractivity contribution in [2.24, 2.45) is 0 Å². The van der Waals surface area contributed by atoms with E-state index in [-0.39, 0.29) is 29.2 Å². The molecule has 0 aliphatic carbocycles. The van der Waals surface area contributed by atoms with E-state index in [1.54, 1.807) is 30.1 Å². The molecule has 7 nitrogen and oxygen atoms in total. The number of carbonyl (C=O) groups excluding carboxylic acids is 2. The van der Waals surface area contributed by atoms with Crippen LogP contribution in [0.4, 0.5) is 16.2 Å². The van der Waals surface area contributed by atoms with Gasteiger partial charge in [-0.15, -0.1) is 0 Å². The Balaban J connectivity index is 1.78. The standard InChI is InChI=1S/C20H30N2O5Si/c1-13(23)21(5)14-8-9-15-17(10-14)25-11-16-18(27-19(24)22(15)16)12-26-28(6,7)20(2,3)4/h8-10,16,18H,11-12H2,1-7H3/t16-,18-/m0/s1. The van der Waals surface area contributed by atoms with Crippen LogP contribution in [0.5, 0.6) is 5.75 Å². The van der Waals surface area contributed by atoms with Crippen molar-refractivity contribution < 1.29 is 23.5 Å². The van der Waals surface area contributed by atoms with Gasteiger partial charge < -0.3 is 18.8 Å². The fourth-order valence-corrected chi connectivity index (χ4v) is 4.07. The third kappa shape index (κ3) is 3.63. The van der Waals surface area contributed by atoms with Crippen molar-refractivity contribution in [3.8, 4) is 5.75 Å². The molecule has 8 heteroatoms. The molecule has 2 atom stereocenters. The number of amides is 2. The van der Waals surface area contributed by atoms with Gasteiger partial charge in [0.25, 0.3) is 0 Å². The lowest BCUT2D eigenvalue weighted by atomic mass is 10.1. The molecule has 0 N–H and O–H groups in total. The summed E-state index contributed by atoms with van der Waals surface area (Å²) in [5.74, 6) is 0.502. The average Bonchev–Trinajstić information content (AvgIpc) is 2.94. The molecule has 2 amide bonds. The highest BCUT2D eigenvalue weighted by molar-refractivity contribution is 6.74. The minimum atomic E-state index is -1.94. The molecule has 2 aliphatic rings. The molecule has 0 radical (unpaired) electrons. The van der Waals surface area contributed by atoms with Crippen molar-refractivity contribution >= 4 is 31.7 Å². The lowest BCUT2D eigenvalue weighted by Gasteiger charge is -2.37. The Morgan fingerprint density at radius 1 is 1.36 bits per heavy atom. The van der Waals surface area contributed by atoms with Gasteiger partial charge in [-0.2, -0.15) is 0 Å². The maximum Gasteiger partial charge on any atom is 0.415 e. The molecule has 0 spiro atoms. The Morgan fingerprint density at radius 3 is 2.64 bits per heavy atom. The summed E-state index contributed by atoms with van der Waals surface area (Å²) in [4.78, 5) is 27.4. The number of nitrogens with zero attached hydrogens (tertiary/aromatic N) is 2. The zero-order valence-corrected chi connectivity index (χ0v) is 18.7. The number of rotatable bonds is 4. The van der Waals surface area contributed by atoms with Crippen LogP contribution < -0.4 is 14.5 Å². The van der Waals surface area contributed by atoms with E-state index in [0.29, 0.717) is 24.7 Å². The van der Waals surface area contributed by atoms with Gasteiger partial charge in [0.2, 0.25) is 5.91 Å². The molecule has 1 aromatic rings. The zero-order chi connectivity index (χ0) is 20.9. The monoisotopic (exact) mass is 406 g/mol. The lowest BCUT2D eigenvalue weighted by molar-refractivity contribution is -0.116. The van der Waals surface area contributed by atoms with Gasteiger partial charge in [-0.05, 0) is 30.3 Å². The summed E-state index contributed by atoms with van der Waals surface area (Å²) < 4.78 is 17.8. The maximum absolute atomic E-state index is 12.6. The van der Waals surface area contributed by atoms with Crippen LogP contribution in [0.3, 0.4) is 0 Å². The van der Waals surface area contributed by atoms with E-state index in [9.17, 15) is 9.59 Å². The molecule has 0 aromatic heterocycles. The number of anilines is 2. The molecule has 2 heterocycles. The van der Waals surface area contributed by atoms with E-state index in [2.05, 4.69) is 33.9 Å².